The first-order valence-electron chi connectivity index (χ1n) is 9.62. The highest BCUT2D eigenvalue weighted by Crippen LogP contribution is 2.24. The fourth-order valence-corrected chi connectivity index (χ4v) is 2.75. The van der Waals surface area contributed by atoms with Crippen LogP contribution in [0.1, 0.15) is 97.8 Å². The fraction of sp³-hybridized carbons (Fsp3) is 0.947. The number of hydrogen-bond donors (Lipinski definition) is 1. The summed E-state index contributed by atoms with van der Waals surface area (Å²) in [5.41, 5.74) is -0.311. The largest absolute Gasteiger partial charge is 0.356 e. The lowest BCUT2D eigenvalue weighted by atomic mass is 9.85. The summed E-state index contributed by atoms with van der Waals surface area (Å²) >= 11 is 0. The molecule has 4 heteroatoms. The monoisotopic (exact) mass is 326 g/mol. The van der Waals surface area contributed by atoms with Crippen LogP contribution < -0.4 is 5.32 Å². The number of nitroso groups, excluding NO2 is 1. The Hall–Kier alpha value is -0.930. The van der Waals surface area contributed by atoms with Gasteiger partial charge in [-0.3, -0.25) is 4.79 Å². The SMILES string of the molecule is CCCCCCCCCCCCC(C)(C)C(=O)NCCCN=O. The third kappa shape index (κ3) is 13.2. The Balaban J connectivity index is 3.53. The molecule has 4 nitrogen and oxygen atoms in total. The zero-order chi connectivity index (χ0) is 17.4. The van der Waals surface area contributed by atoms with Gasteiger partial charge in [0.2, 0.25) is 5.91 Å². The number of rotatable bonds is 16. The molecule has 0 atom stereocenters. The van der Waals surface area contributed by atoms with Crippen LogP contribution >= 0.6 is 0 Å². The summed E-state index contributed by atoms with van der Waals surface area (Å²) in [5, 5.41) is 5.70. The third-order valence-electron chi connectivity index (χ3n) is 4.48. The third-order valence-corrected chi connectivity index (χ3v) is 4.48. The number of hydrogen-bond acceptors (Lipinski definition) is 3. The molecule has 0 aliphatic heterocycles. The molecule has 0 fully saturated rings. The number of carbonyl (C=O) groups excluding carboxylic acids is 1. The van der Waals surface area contributed by atoms with Crippen molar-refractivity contribution in [2.45, 2.75) is 97.8 Å². The van der Waals surface area contributed by atoms with Crippen molar-refractivity contribution in [2.75, 3.05) is 13.1 Å². The van der Waals surface area contributed by atoms with Gasteiger partial charge in [0.25, 0.3) is 0 Å². The lowest BCUT2D eigenvalue weighted by Gasteiger charge is -2.23. The predicted molar refractivity (Wildman–Crippen MR) is 98.5 cm³/mol. The molecule has 1 N–H and O–H groups in total. The molecule has 0 aliphatic carbocycles. The van der Waals surface area contributed by atoms with Gasteiger partial charge in [-0.05, 0) is 12.8 Å². The normalized spacial score (nSPS) is 11.4. The van der Waals surface area contributed by atoms with Crippen molar-refractivity contribution in [2.24, 2.45) is 10.6 Å². The molecular formula is C19H38N2O2. The van der Waals surface area contributed by atoms with Crippen LogP contribution in [0.2, 0.25) is 0 Å². The molecule has 0 bridgehead atoms. The van der Waals surface area contributed by atoms with Crippen LogP contribution in [0.5, 0.6) is 0 Å². The highest BCUT2D eigenvalue weighted by Gasteiger charge is 2.26. The van der Waals surface area contributed by atoms with E-state index in [-0.39, 0.29) is 17.9 Å². The fourth-order valence-electron chi connectivity index (χ4n) is 2.75. The van der Waals surface area contributed by atoms with Gasteiger partial charge in [-0.15, -0.1) is 0 Å². The summed E-state index contributed by atoms with van der Waals surface area (Å²) in [5.74, 6) is 0.0966. The van der Waals surface area contributed by atoms with E-state index in [0.29, 0.717) is 13.0 Å². The average molecular weight is 327 g/mol. The van der Waals surface area contributed by atoms with Crippen molar-refractivity contribution in [3.8, 4) is 0 Å². The molecule has 136 valence electrons. The van der Waals surface area contributed by atoms with Crippen molar-refractivity contribution in [1.82, 2.24) is 5.32 Å². The van der Waals surface area contributed by atoms with Gasteiger partial charge in [0.1, 0.15) is 0 Å². The molecule has 0 saturated heterocycles. The molecule has 0 saturated carbocycles. The topological polar surface area (TPSA) is 58.5 Å². The molecule has 23 heavy (non-hydrogen) atoms. The maximum absolute atomic E-state index is 12.1. The van der Waals surface area contributed by atoms with Crippen LogP contribution in [0, 0.1) is 10.3 Å². The van der Waals surface area contributed by atoms with Crippen molar-refractivity contribution in [1.29, 1.82) is 0 Å². The zero-order valence-electron chi connectivity index (χ0n) is 15.7. The lowest BCUT2D eigenvalue weighted by molar-refractivity contribution is -0.129. The number of nitrogens with one attached hydrogen (secondary N) is 1. The van der Waals surface area contributed by atoms with Gasteiger partial charge in [0.15, 0.2) is 0 Å². The molecule has 1 amide bonds. The minimum atomic E-state index is -0.311. The molecule has 0 unspecified atom stereocenters. The highest BCUT2D eigenvalue weighted by atomic mass is 16.3. The second kappa shape index (κ2) is 14.6. The summed E-state index contributed by atoms with van der Waals surface area (Å²) in [6, 6.07) is 0. The van der Waals surface area contributed by atoms with Gasteiger partial charge < -0.3 is 5.32 Å². The van der Waals surface area contributed by atoms with Gasteiger partial charge in [-0.25, -0.2) is 0 Å². The second-order valence-corrected chi connectivity index (χ2v) is 7.28. The molecule has 0 heterocycles. The lowest BCUT2D eigenvalue weighted by Crippen LogP contribution is -2.37. The smallest absolute Gasteiger partial charge is 0.225 e. The van der Waals surface area contributed by atoms with E-state index in [1.165, 1.54) is 57.8 Å². The van der Waals surface area contributed by atoms with Crippen LogP contribution in [0.25, 0.3) is 0 Å². The summed E-state index contributed by atoms with van der Waals surface area (Å²) in [6.45, 7) is 7.09. The minimum Gasteiger partial charge on any atom is -0.356 e. The van der Waals surface area contributed by atoms with E-state index < -0.39 is 0 Å². The van der Waals surface area contributed by atoms with E-state index in [2.05, 4.69) is 17.4 Å². The van der Waals surface area contributed by atoms with Gasteiger partial charge in [0.05, 0.1) is 6.54 Å². The number of nitrogens with zero attached hydrogens (tertiary/aromatic N) is 1. The average Bonchev–Trinajstić information content (AvgIpc) is 2.53. The van der Waals surface area contributed by atoms with E-state index in [9.17, 15) is 9.70 Å². The van der Waals surface area contributed by atoms with Crippen molar-refractivity contribution >= 4 is 5.91 Å². The van der Waals surface area contributed by atoms with E-state index in [0.717, 1.165) is 12.8 Å². The summed E-state index contributed by atoms with van der Waals surface area (Å²) in [4.78, 5) is 22.1. The zero-order valence-corrected chi connectivity index (χ0v) is 15.7. The molecular weight excluding hydrogens is 288 g/mol. The first kappa shape index (κ1) is 22.1. The Bertz CT molecular complexity index is 304. The van der Waals surface area contributed by atoms with Gasteiger partial charge >= 0.3 is 0 Å². The number of amides is 1. The summed E-state index contributed by atoms with van der Waals surface area (Å²) in [7, 11) is 0. The second-order valence-electron chi connectivity index (χ2n) is 7.28. The summed E-state index contributed by atoms with van der Waals surface area (Å²) in [6.07, 6.45) is 14.7. The van der Waals surface area contributed by atoms with Gasteiger partial charge in [-0.1, -0.05) is 90.2 Å². The Morgan fingerprint density at radius 3 is 1.91 bits per heavy atom. The standard InChI is InChI=1S/C19H38N2O2/c1-4-5-6-7-8-9-10-11-12-13-15-19(2,3)18(22)20-16-14-17-21-23/h4-17H2,1-3H3,(H,20,22). The Morgan fingerprint density at radius 1 is 0.870 bits per heavy atom. The predicted octanol–water partition coefficient (Wildman–Crippen LogP) is 5.60. The maximum atomic E-state index is 12.1. The van der Waals surface area contributed by atoms with Gasteiger partial charge in [-0.2, -0.15) is 4.91 Å². The van der Waals surface area contributed by atoms with Crippen LogP contribution in [-0.4, -0.2) is 19.0 Å². The Kier molecular flexibility index (Phi) is 14.1. The van der Waals surface area contributed by atoms with E-state index in [4.69, 9.17) is 0 Å². The first-order chi connectivity index (χ1) is 11.0. The van der Waals surface area contributed by atoms with Crippen molar-refractivity contribution < 1.29 is 4.79 Å². The van der Waals surface area contributed by atoms with Crippen molar-refractivity contribution in [3.05, 3.63) is 4.91 Å². The molecule has 0 rings (SSSR count). The van der Waals surface area contributed by atoms with Crippen LogP contribution in [0.15, 0.2) is 5.18 Å². The number of carbonyl (C=O) groups is 1. The van der Waals surface area contributed by atoms with E-state index >= 15 is 0 Å². The number of unbranched alkanes of at least 4 members (excludes halogenated alkanes) is 9. The van der Waals surface area contributed by atoms with E-state index in [1.807, 2.05) is 13.8 Å². The van der Waals surface area contributed by atoms with Crippen molar-refractivity contribution in [3.63, 3.8) is 0 Å². The van der Waals surface area contributed by atoms with Crippen LogP contribution in [-0.2, 0) is 4.79 Å². The maximum Gasteiger partial charge on any atom is 0.225 e. The van der Waals surface area contributed by atoms with Crippen LogP contribution in [0.4, 0.5) is 0 Å². The molecule has 0 radical (unpaired) electrons. The molecule has 0 aliphatic rings. The molecule has 0 aromatic heterocycles. The first-order valence-corrected chi connectivity index (χ1v) is 9.62. The van der Waals surface area contributed by atoms with Crippen LogP contribution in [0.3, 0.4) is 0 Å². The minimum absolute atomic E-state index is 0.0966. The Morgan fingerprint density at radius 2 is 1.39 bits per heavy atom. The highest BCUT2D eigenvalue weighted by molar-refractivity contribution is 5.81. The van der Waals surface area contributed by atoms with E-state index in [1.54, 1.807) is 0 Å². The quantitative estimate of drug-likeness (QED) is 0.296. The summed E-state index contributed by atoms with van der Waals surface area (Å²) < 4.78 is 0. The molecule has 0 aromatic carbocycles. The molecule has 0 spiro atoms. The van der Waals surface area contributed by atoms with Gasteiger partial charge in [0, 0.05) is 12.0 Å². The Labute approximate surface area is 143 Å². The molecule has 0 aromatic rings.